The van der Waals surface area contributed by atoms with E-state index in [4.69, 9.17) is 5.73 Å². The number of nitrogens with zero attached hydrogens (tertiary/aromatic N) is 4. The Labute approximate surface area is 158 Å². The van der Waals surface area contributed by atoms with Gasteiger partial charge in [0.15, 0.2) is 5.82 Å². The van der Waals surface area contributed by atoms with Gasteiger partial charge in [0.1, 0.15) is 5.69 Å². The lowest BCUT2D eigenvalue weighted by Gasteiger charge is -2.09. The molecule has 0 radical (unpaired) electrons. The summed E-state index contributed by atoms with van der Waals surface area (Å²) in [4.78, 5) is 8.27. The van der Waals surface area contributed by atoms with E-state index in [0.717, 1.165) is 34.0 Å². The fourth-order valence-corrected chi connectivity index (χ4v) is 3.05. The zero-order valence-electron chi connectivity index (χ0n) is 14.9. The van der Waals surface area contributed by atoms with Crippen LogP contribution in [-0.4, -0.2) is 19.7 Å². The molecule has 28 heavy (non-hydrogen) atoms. The Morgan fingerprint density at radius 1 is 1.04 bits per heavy atom. The highest BCUT2D eigenvalue weighted by Gasteiger charge is 2.32. The minimum absolute atomic E-state index is 0.0989. The number of fused-ring (bicyclic) bond motifs is 1. The first-order valence-electron chi connectivity index (χ1n) is 8.55. The molecule has 0 amide bonds. The number of nitrogens with two attached hydrogens (primary N) is 1. The summed E-state index contributed by atoms with van der Waals surface area (Å²) < 4.78 is 40.4. The molecule has 0 aliphatic carbocycles. The second kappa shape index (κ2) is 6.72. The third-order valence-corrected chi connectivity index (χ3v) is 4.34. The Hall–Kier alpha value is -3.26. The van der Waals surface area contributed by atoms with Crippen LogP contribution in [0.5, 0.6) is 0 Å². The minimum Gasteiger partial charge on any atom is -0.325 e. The smallest absolute Gasteiger partial charge is 0.325 e. The fraction of sp³-hybridized carbons (Fsp3) is 0.150. The van der Waals surface area contributed by atoms with Crippen LogP contribution in [-0.2, 0) is 12.7 Å². The van der Waals surface area contributed by atoms with E-state index >= 15 is 0 Å². The van der Waals surface area contributed by atoms with Crippen molar-refractivity contribution in [2.75, 3.05) is 0 Å². The number of pyridine rings is 2. The molecule has 0 bridgehead atoms. The van der Waals surface area contributed by atoms with Crippen molar-refractivity contribution < 1.29 is 13.2 Å². The van der Waals surface area contributed by atoms with Gasteiger partial charge in [0.2, 0.25) is 0 Å². The van der Waals surface area contributed by atoms with Crippen molar-refractivity contribution in [3.05, 3.63) is 71.7 Å². The van der Waals surface area contributed by atoms with Crippen molar-refractivity contribution in [1.82, 2.24) is 19.7 Å². The predicted molar refractivity (Wildman–Crippen MR) is 99.7 cm³/mol. The highest BCUT2D eigenvalue weighted by Crippen LogP contribution is 2.29. The van der Waals surface area contributed by atoms with Crippen LogP contribution in [0, 0.1) is 6.92 Å². The monoisotopic (exact) mass is 383 g/mol. The number of aryl methyl sites for hydroxylation is 1. The Kier molecular flexibility index (Phi) is 4.35. The Morgan fingerprint density at radius 3 is 2.61 bits per heavy atom. The molecular weight excluding hydrogens is 367 g/mol. The van der Waals surface area contributed by atoms with Gasteiger partial charge in [-0.15, -0.1) is 0 Å². The molecule has 0 aliphatic rings. The first-order valence-corrected chi connectivity index (χ1v) is 8.55. The second-order valence-electron chi connectivity index (χ2n) is 6.43. The number of hydrogen-bond acceptors (Lipinski definition) is 4. The zero-order chi connectivity index (χ0) is 19.9. The van der Waals surface area contributed by atoms with E-state index in [1.807, 2.05) is 37.3 Å². The molecule has 0 saturated carbocycles. The number of alkyl halides is 3. The van der Waals surface area contributed by atoms with Crippen LogP contribution in [0.15, 0.2) is 54.7 Å². The molecule has 0 spiro atoms. The summed E-state index contributed by atoms with van der Waals surface area (Å²) in [6, 6.07) is 13.2. The van der Waals surface area contributed by atoms with Crippen LogP contribution in [0.4, 0.5) is 13.2 Å². The van der Waals surface area contributed by atoms with Crippen LogP contribution < -0.4 is 5.73 Å². The van der Waals surface area contributed by atoms with E-state index in [0.29, 0.717) is 12.1 Å². The lowest BCUT2D eigenvalue weighted by molar-refractivity contribution is -0.141. The third-order valence-electron chi connectivity index (χ3n) is 4.34. The number of benzene rings is 1. The van der Waals surface area contributed by atoms with Crippen molar-refractivity contribution in [2.45, 2.75) is 19.6 Å². The van der Waals surface area contributed by atoms with Crippen molar-refractivity contribution >= 4 is 10.9 Å². The molecule has 5 nitrogen and oxygen atoms in total. The van der Waals surface area contributed by atoms with Gasteiger partial charge in [-0.05, 0) is 42.8 Å². The first-order chi connectivity index (χ1) is 13.3. The average molecular weight is 383 g/mol. The lowest BCUT2D eigenvalue weighted by atomic mass is 10.1. The Morgan fingerprint density at radius 2 is 1.86 bits per heavy atom. The van der Waals surface area contributed by atoms with Gasteiger partial charge in [-0.1, -0.05) is 18.2 Å². The molecule has 3 aromatic heterocycles. The molecule has 0 fully saturated rings. The fourth-order valence-electron chi connectivity index (χ4n) is 3.05. The SMILES string of the molecule is Cc1cc(CN)nc(-c2ccc3cnn(-c4cccc(C(F)(F)F)n4)c3c2)c1. The van der Waals surface area contributed by atoms with E-state index < -0.39 is 11.9 Å². The molecule has 1 aromatic carbocycles. The average Bonchev–Trinajstić information content (AvgIpc) is 3.10. The molecular formula is C20H16F3N5. The van der Waals surface area contributed by atoms with Crippen molar-refractivity contribution in [1.29, 1.82) is 0 Å². The van der Waals surface area contributed by atoms with Crippen LogP contribution in [0.25, 0.3) is 28.0 Å². The topological polar surface area (TPSA) is 69.6 Å². The molecule has 0 atom stereocenters. The van der Waals surface area contributed by atoms with Gasteiger partial charge in [-0.2, -0.15) is 18.3 Å². The molecule has 0 saturated heterocycles. The van der Waals surface area contributed by atoms with E-state index in [2.05, 4.69) is 15.1 Å². The molecule has 0 aliphatic heterocycles. The third kappa shape index (κ3) is 3.34. The van der Waals surface area contributed by atoms with Crippen LogP contribution >= 0.6 is 0 Å². The van der Waals surface area contributed by atoms with Gasteiger partial charge in [-0.25, -0.2) is 9.67 Å². The van der Waals surface area contributed by atoms with Gasteiger partial charge in [0.05, 0.1) is 23.1 Å². The molecule has 0 unspecified atom stereocenters. The van der Waals surface area contributed by atoms with Crippen molar-refractivity contribution in [3.8, 4) is 17.1 Å². The summed E-state index contributed by atoms with van der Waals surface area (Å²) in [5.41, 5.74) is 8.75. The van der Waals surface area contributed by atoms with E-state index in [1.54, 1.807) is 6.20 Å². The Bertz CT molecular complexity index is 1160. The number of hydrogen-bond donors (Lipinski definition) is 1. The van der Waals surface area contributed by atoms with Gasteiger partial charge < -0.3 is 5.73 Å². The predicted octanol–water partition coefficient (Wildman–Crippen LogP) is 4.27. The van der Waals surface area contributed by atoms with Crippen LogP contribution in [0.3, 0.4) is 0 Å². The van der Waals surface area contributed by atoms with Crippen LogP contribution in [0.2, 0.25) is 0 Å². The summed E-state index contributed by atoms with van der Waals surface area (Å²) in [6.07, 6.45) is -2.93. The highest BCUT2D eigenvalue weighted by atomic mass is 19.4. The summed E-state index contributed by atoms with van der Waals surface area (Å²) in [7, 11) is 0. The standard InChI is InChI=1S/C20H16F3N5/c1-12-7-15(10-24)26-16(8-12)13-5-6-14-11-25-28(17(14)9-13)19-4-2-3-18(27-19)20(21,22)23/h2-9,11H,10,24H2,1H3. The van der Waals surface area contributed by atoms with Gasteiger partial charge in [0, 0.05) is 17.5 Å². The highest BCUT2D eigenvalue weighted by molar-refractivity contribution is 5.85. The second-order valence-corrected chi connectivity index (χ2v) is 6.43. The van der Waals surface area contributed by atoms with Crippen molar-refractivity contribution in [3.63, 3.8) is 0 Å². The van der Waals surface area contributed by atoms with Crippen LogP contribution in [0.1, 0.15) is 17.0 Å². The summed E-state index contributed by atoms with van der Waals surface area (Å²) in [5.74, 6) is 0.0989. The summed E-state index contributed by atoms with van der Waals surface area (Å²) in [5, 5.41) is 5.01. The molecule has 2 N–H and O–H groups in total. The minimum atomic E-state index is -4.52. The van der Waals surface area contributed by atoms with E-state index in [9.17, 15) is 13.2 Å². The van der Waals surface area contributed by atoms with Gasteiger partial charge >= 0.3 is 6.18 Å². The largest absolute Gasteiger partial charge is 0.433 e. The number of aromatic nitrogens is 4. The molecule has 4 aromatic rings. The molecule has 4 rings (SSSR count). The molecule has 8 heteroatoms. The lowest BCUT2D eigenvalue weighted by Crippen LogP contribution is -2.10. The van der Waals surface area contributed by atoms with Gasteiger partial charge in [-0.3, -0.25) is 4.98 Å². The van der Waals surface area contributed by atoms with E-state index in [-0.39, 0.29) is 5.82 Å². The maximum Gasteiger partial charge on any atom is 0.433 e. The zero-order valence-corrected chi connectivity index (χ0v) is 14.9. The quantitative estimate of drug-likeness (QED) is 0.574. The summed E-state index contributed by atoms with van der Waals surface area (Å²) in [6.45, 7) is 2.28. The first kappa shape index (κ1) is 18.1. The number of rotatable bonds is 3. The van der Waals surface area contributed by atoms with E-state index in [1.165, 1.54) is 16.8 Å². The molecule has 142 valence electrons. The normalized spacial score (nSPS) is 11.9. The maximum absolute atomic E-state index is 13.0. The molecule has 3 heterocycles. The van der Waals surface area contributed by atoms with Crippen molar-refractivity contribution in [2.24, 2.45) is 5.73 Å². The number of halogens is 3. The summed E-state index contributed by atoms with van der Waals surface area (Å²) >= 11 is 0. The Balaban J connectivity index is 1.85. The maximum atomic E-state index is 13.0. The van der Waals surface area contributed by atoms with Gasteiger partial charge in [0.25, 0.3) is 0 Å².